The fourth-order valence-corrected chi connectivity index (χ4v) is 1.19. The Morgan fingerprint density at radius 3 is 2.25 bits per heavy atom. The molecule has 0 aromatic carbocycles. The monoisotopic (exact) mass is 232 g/mol. The van der Waals surface area contributed by atoms with Gasteiger partial charge in [0.2, 0.25) is 5.91 Å². The number of amides is 1. The highest BCUT2D eigenvalue weighted by atomic mass is 16.7. The SMILES string of the molecule is CCOC(CNC(=O)CC(N)CC)OCC. The number of nitrogens with one attached hydrogen (secondary N) is 1. The number of nitrogens with two attached hydrogens (primary N) is 1. The molecule has 96 valence electrons. The van der Waals surface area contributed by atoms with Crippen LogP contribution in [0, 0.1) is 0 Å². The minimum Gasteiger partial charge on any atom is -0.351 e. The second-order valence-electron chi connectivity index (χ2n) is 3.52. The highest BCUT2D eigenvalue weighted by Crippen LogP contribution is 1.96. The molecule has 16 heavy (non-hydrogen) atoms. The van der Waals surface area contributed by atoms with E-state index >= 15 is 0 Å². The third kappa shape index (κ3) is 7.62. The van der Waals surface area contributed by atoms with Gasteiger partial charge in [0.15, 0.2) is 6.29 Å². The van der Waals surface area contributed by atoms with Gasteiger partial charge in [-0.25, -0.2) is 0 Å². The van der Waals surface area contributed by atoms with Gasteiger partial charge in [0, 0.05) is 25.7 Å². The van der Waals surface area contributed by atoms with E-state index in [1.807, 2.05) is 20.8 Å². The molecule has 0 bridgehead atoms. The Morgan fingerprint density at radius 2 is 1.81 bits per heavy atom. The fourth-order valence-electron chi connectivity index (χ4n) is 1.19. The van der Waals surface area contributed by atoms with Gasteiger partial charge in [0.25, 0.3) is 0 Å². The number of carbonyl (C=O) groups excluding carboxylic acids is 1. The molecular weight excluding hydrogens is 208 g/mol. The zero-order chi connectivity index (χ0) is 12.4. The standard InChI is InChI=1S/C11H24N2O3/c1-4-9(12)7-10(14)13-8-11(15-5-2)16-6-3/h9,11H,4-8,12H2,1-3H3,(H,13,14). The Bertz CT molecular complexity index is 182. The topological polar surface area (TPSA) is 73.6 Å². The van der Waals surface area contributed by atoms with E-state index in [2.05, 4.69) is 5.32 Å². The number of ether oxygens (including phenoxy) is 2. The molecule has 5 heteroatoms. The lowest BCUT2D eigenvalue weighted by Crippen LogP contribution is -2.38. The molecule has 0 aliphatic rings. The van der Waals surface area contributed by atoms with Crippen LogP contribution in [-0.4, -0.2) is 38.0 Å². The van der Waals surface area contributed by atoms with E-state index in [1.165, 1.54) is 0 Å². The summed E-state index contributed by atoms with van der Waals surface area (Å²) in [6.07, 6.45) is 0.784. The maximum absolute atomic E-state index is 11.4. The Hall–Kier alpha value is -0.650. The Morgan fingerprint density at radius 1 is 1.25 bits per heavy atom. The summed E-state index contributed by atoms with van der Waals surface area (Å²) in [6, 6.07) is -0.0716. The lowest BCUT2D eigenvalue weighted by Gasteiger charge is -2.18. The molecule has 0 aromatic rings. The average Bonchev–Trinajstić information content (AvgIpc) is 2.26. The van der Waals surface area contributed by atoms with Crippen molar-refractivity contribution in [2.75, 3.05) is 19.8 Å². The smallest absolute Gasteiger partial charge is 0.221 e. The van der Waals surface area contributed by atoms with Crippen LogP contribution in [0.15, 0.2) is 0 Å². The predicted octanol–water partition coefficient (Wildman–Crippen LogP) is 0.629. The highest BCUT2D eigenvalue weighted by Gasteiger charge is 2.11. The van der Waals surface area contributed by atoms with Gasteiger partial charge in [0.1, 0.15) is 0 Å². The first-order valence-corrected chi connectivity index (χ1v) is 5.89. The average molecular weight is 232 g/mol. The Kier molecular flexibility index (Phi) is 9.18. The minimum atomic E-state index is -0.364. The summed E-state index contributed by atoms with van der Waals surface area (Å²) in [5.41, 5.74) is 5.67. The molecule has 0 aromatic heterocycles. The van der Waals surface area contributed by atoms with E-state index in [9.17, 15) is 4.79 Å². The molecule has 5 nitrogen and oxygen atoms in total. The van der Waals surface area contributed by atoms with Gasteiger partial charge in [-0.2, -0.15) is 0 Å². The van der Waals surface area contributed by atoms with Crippen LogP contribution in [0.25, 0.3) is 0 Å². The number of carbonyl (C=O) groups is 1. The van der Waals surface area contributed by atoms with Crippen molar-refractivity contribution in [2.45, 2.75) is 45.9 Å². The number of rotatable bonds is 9. The molecule has 0 radical (unpaired) electrons. The molecule has 0 saturated carbocycles. The van der Waals surface area contributed by atoms with Gasteiger partial charge < -0.3 is 20.5 Å². The van der Waals surface area contributed by atoms with Crippen LogP contribution in [0.1, 0.15) is 33.6 Å². The van der Waals surface area contributed by atoms with E-state index in [4.69, 9.17) is 15.2 Å². The molecule has 0 aliphatic carbocycles. The zero-order valence-electron chi connectivity index (χ0n) is 10.5. The van der Waals surface area contributed by atoms with Crippen molar-refractivity contribution in [1.29, 1.82) is 0 Å². The van der Waals surface area contributed by atoms with Crippen molar-refractivity contribution < 1.29 is 14.3 Å². The molecule has 0 rings (SSSR count). The van der Waals surface area contributed by atoms with Gasteiger partial charge in [-0.3, -0.25) is 4.79 Å². The first kappa shape index (κ1) is 15.3. The van der Waals surface area contributed by atoms with Gasteiger partial charge in [-0.15, -0.1) is 0 Å². The van der Waals surface area contributed by atoms with Crippen LogP contribution < -0.4 is 11.1 Å². The van der Waals surface area contributed by atoms with Crippen molar-refractivity contribution in [3.8, 4) is 0 Å². The van der Waals surface area contributed by atoms with Crippen molar-refractivity contribution in [3.63, 3.8) is 0 Å². The first-order valence-electron chi connectivity index (χ1n) is 5.89. The summed E-state index contributed by atoms with van der Waals surface area (Å²) >= 11 is 0. The molecule has 0 saturated heterocycles. The number of hydrogen-bond acceptors (Lipinski definition) is 4. The van der Waals surface area contributed by atoms with Crippen molar-refractivity contribution in [2.24, 2.45) is 5.73 Å². The van der Waals surface area contributed by atoms with E-state index in [0.29, 0.717) is 26.2 Å². The van der Waals surface area contributed by atoms with Crippen LogP contribution in [0.4, 0.5) is 0 Å². The Balaban J connectivity index is 3.77. The van der Waals surface area contributed by atoms with Crippen LogP contribution in [0.5, 0.6) is 0 Å². The number of hydrogen-bond donors (Lipinski definition) is 2. The van der Waals surface area contributed by atoms with Crippen molar-refractivity contribution in [1.82, 2.24) is 5.32 Å². The van der Waals surface area contributed by atoms with Gasteiger partial charge in [0.05, 0.1) is 6.54 Å². The molecule has 1 unspecified atom stereocenters. The minimum absolute atomic E-state index is 0.0567. The molecule has 0 spiro atoms. The zero-order valence-corrected chi connectivity index (χ0v) is 10.5. The van der Waals surface area contributed by atoms with Gasteiger partial charge in [-0.1, -0.05) is 6.92 Å². The lowest BCUT2D eigenvalue weighted by atomic mass is 10.1. The van der Waals surface area contributed by atoms with Crippen LogP contribution >= 0.6 is 0 Å². The quantitative estimate of drug-likeness (QED) is 0.572. The van der Waals surface area contributed by atoms with Crippen molar-refractivity contribution >= 4 is 5.91 Å². The molecule has 0 aliphatic heterocycles. The van der Waals surface area contributed by atoms with Crippen LogP contribution in [0.2, 0.25) is 0 Å². The molecule has 0 heterocycles. The van der Waals surface area contributed by atoms with Crippen LogP contribution in [-0.2, 0) is 14.3 Å². The third-order valence-corrected chi connectivity index (χ3v) is 2.14. The molecule has 1 atom stereocenters. The summed E-state index contributed by atoms with van der Waals surface area (Å²) < 4.78 is 10.6. The molecule has 1 amide bonds. The summed E-state index contributed by atoms with van der Waals surface area (Å²) in [5.74, 6) is -0.0567. The van der Waals surface area contributed by atoms with Gasteiger partial charge >= 0.3 is 0 Å². The maximum Gasteiger partial charge on any atom is 0.221 e. The second-order valence-corrected chi connectivity index (χ2v) is 3.52. The second kappa shape index (κ2) is 9.57. The highest BCUT2D eigenvalue weighted by molar-refractivity contribution is 5.76. The summed E-state index contributed by atoms with van der Waals surface area (Å²) in [6.45, 7) is 7.24. The lowest BCUT2D eigenvalue weighted by molar-refractivity contribution is -0.140. The summed E-state index contributed by atoms with van der Waals surface area (Å²) in [4.78, 5) is 11.4. The fraction of sp³-hybridized carbons (Fsp3) is 0.909. The summed E-state index contributed by atoms with van der Waals surface area (Å²) in [7, 11) is 0. The largest absolute Gasteiger partial charge is 0.351 e. The molecule has 3 N–H and O–H groups in total. The third-order valence-electron chi connectivity index (χ3n) is 2.14. The van der Waals surface area contributed by atoms with E-state index in [0.717, 1.165) is 6.42 Å². The molecule has 0 fully saturated rings. The normalized spacial score (nSPS) is 12.8. The van der Waals surface area contributed by atoms with Gasteiger partial charge in [-0.05, 0) is 20.3 Å². The van der Waals surface area contributed by atoms with E-state index in [-0.39, 0.29) is 18.2 Å². The van der Waals surface area contributed by atoms with E-state index < -0.39 is 0 Å². The molecular formula is C11H24N2O3. The van der Waals surface area contributed by atoms with Crippen LogP contribution in [0.3, 0.4) is 0 Å². The van der Waals surface area contributed by atoms with Crippen molar-refractivity contribution in [3.05, 3.63) is 0 Å². The predicted molar refractivity (Wildman–Crippen MR) is 62.9 cm³/mol. The maximum atomic E-state index is 11.4. The Labute approximate surface area is 97.7 Å². The first-order chi connectivity index (χ1) is 7.63. The summed E-state index contributed by atoms with van der Waals surface area (Å²) in [5, 5.41) is 2.75. The van der Waals surface area contributed by atoms with E-state index in [1.54, 1.807) is 0 Å².